The molecule has 0 amide bonds. The SMILES string of the molecule is NC1CC(N2CC(c3ccccc3)C2)C1. The van der Waals surface area contributed by atoms with E-state index >= 15 is 0 Å². The second-order valence-corrected chi connectivity index (χ2v) is 4.95. The van der Waals surface area contributed by atoms with E-state index in [1.165, 1.54) is 31.5 Å². The molecule has 1 aromatic carbocycles. The molecule has 2 N–H and O–H groups in total. The van der Waals surface area contributed by atoms with E-state index in [-0.39, 0.29) is 0 Å². The fourth-order valence-corrected chi connectivity index (χ4v) is 2.67. The largest absolute Gasteiger partial charge is 0.328 e. The van der Waals surface area contributed by atoms with E-state index in [1.807, 2.05) is 0 Å². The van der Waals surface area contributed by atoms with Crippen LogP contribution in [0.15, 0.2) is 30.3 Å². The summed E-state index contributed by atoms with van der Waals surface area (Å²) in [5.74, 6) is 0.767. The Morgan fingerprint density at radius 3 is 2.33 bits per heavy atom. The molecule has 0 bridgehead atoms. The lowest BCUT2D eigenvalue weighted by Crippen LogP contribution is -2.58. The van der Waals surface area contributed by atoms with Gasteiger partial charge in [-0.2, -0.15) is 0 Å². The topological polar surface area (TPSA) is 29.3 Å². The van der Waals surface area contributed by atoms with Crippen molar-refractivity contribution >= 4 is 0 Å². The highest BCUT2D eigenvalue weighted by Crippen LogP contribution is 2.34. The lowest BCUT2D eigenvalue weighted by atomic mass is 9.81. The summed E-state index contributed by atoms with van der Waals surface area (Å²) in [6.45, 7) is 2.48. The molecule has 0 unspecified atom stereocenters. The van der Waals surface area contributed by atoms with Crippen LogP contribution in [-0.4, -0.2) is 30.1 Å². The van der Waals surface area contributed by atoms with Crippen LogP contribution in [0.2, 0.25) is 0 Å². The van der Waals surface area contributed by atoms with Crippen LogP contribution in [0.5, 0.6) is 0 Å². The Hall–Kier alpha value is -0.860. The minimum absolute atomic E-state index is 0.478. The molecule has 3 rings (SSSR count). The van der Waals surface area contributed by atoms with E-state index in [0.29, 0.717) is 6.04 Å². The molecule has 80 valence electrons. The summed E-state index contributed by atoms with van der Waals surface area (Å²) < 4.78 is 0. The predicted octanol–water partition coefficient (Wildman–Crippen LogP) is 1.58. The van der Waals surface area contributed by atoms with Crippen LogP contribution >= 0.6 is 0 Å². The summed E-state index contributed by atoms with van der Waals surface area (Å²) in [5, 5.41) is 0. The molecular weight excluding hydrogens is 184 g/mol. The Morgan fingerprint density at radius 2 is 1.73 bits per heavy atom. The third-order valence-corrected chi connectivity index (χ3v) is 3.85. The van der Waals surface area contributed by atoms with Gasteiger partial charge >= 0.3 is 0 Å². The van der Waals surface area contributed by atoms with Crippen LogP contribution in [0.25, 0.3) is 0 Å². The third kappa shape index (κ3) is 1.68. The van der Waals surface area contributed by atoms with Crippen molar-refractivity contribution in [3.8, 4) is 0 Å². The van der Waals surface area contributed by atoms with E-state index in [9.17, 15) is 0 Å². The Morgan fingerprint density at radius 1 is 1.07 bits per heavy atom. The van der Waals surface area contributed by atoms with Crippen LogP contribution in [-0.2, 0) is 0 Å². The Kier molecular flexibility index (Phi) is 2.26. The van der Waals surface area contributed by atoms with E-state index in [1.54, 1.807) is 0 Å². The standard InChI is InChI=1S/C13H18N2/c14-12-6-13(7-12)15-8-11(9-15)10-4-2-1-3-5-10/h1-5,11-13H,6-9,14H2. The second-order valence-electron chi connectivity index (χ2n) is 4.95. The molecule has 0 atom stereocenters. The Bertz CT molecular complexity index is 324. The smallest absolute Gasteiger partial charge is 0.0125 e. The zero-order valence-electron chi connectivity index (χ0n) is 8.97. The summed E-state index contributed by atoms with van der Waals surface area (Å²) in [7, 11) is 0. The minimum Gasteiger partial charge on any atom is -0.328 e. The monoisotopic (exact) mass is 202 g/mol. The van der Waals surface area contributed by atoms with Gasteiger partial charge in [0.05, 0.1) is 0 Å². The van der Waals surface area contributed by atoms with Crippen molar-refractivity contribution in [3.63, 3.8) is 0 Å². The summed E-state index contributed by atoms with van der Waals surface area (Å²) in [4.78, 5) is 2.58. The normalized spacial score (nSPS) is 32.1. The summed E-state index contributed by atoms with van der Waals surface area (Å²) in [6, 6.07) is 12.1. The molecule has 2 nitrogen and oxygen atoms in total. The molecule has 2 heteroatoms. The quantitative estimate of drug-likeness (QED) is 0.789. The first-order chi connectivity index (χ1) is 7.33. The van der Waals surface area contributed by atoms with E-state index in [4.69, 9.17) is 5.73 Å². The van der Waals surface area contributed by atoms with Crippen molar-refractivity contribution in [1.29, 1.82) is 0 Å². The number of nitrogens with zero attached hydrogens (tertiary/aromatic N) is 1. The fourth-order valence-electron chi connectivity index (χ4n) is 2.67. The van der Waals surface area contributed by atoms with Gasteiger partial charge in [-0.25, -0.2) is 0 Å². The molecule has 1 heterocycles. The van der Waals surface area contributed by atoms with Gasteiger partial charge in [0.2, 0.25) is 0 Å². The van der Waals surface area contributed by atoms with Crippen molar-refractivity contribution in [2.75, 3.05) is 13.1 Å². The lowest BCUT2D eigenvalue weighted by Gasteiger charge is -2.50. The van der Waals surface area contributed by atoms with Crippen LogP contribution in [0.4, 0.5) is 0 Å². The average Bonchev–Trinajstić information content (AvgIpc) is 2.14. The molecule has 1 saturated heterocycles. The van der Waals surface area contributed by atoms with Crippen molar-refractivity contribution in [3.05, 3.63) is 35.9 Å². The number of hydrogen-bond acceptors (Lipinski definition) is 2. The van der Waals surface area contributed by atoms with Gasteiger partial charge in [0.15, 0.2) is 0 Å². The highest BCUT2D eigenvalue weighted by Gasteiger charge is 2.38. The van der Waals surface area contributed by atoms with Crippen molar-refractivity contribution < 1.29 is 0 Å². The van der Waals surface area contributed by atoms with E-state index in [0.717, 1.165) is 12.0 Å². The zero-order chi connectivity index (χ0) is 10.3. The molecule has 15 heavy (non-hydrogen) atoms. The fraction of sp³-hybridized carbons (Fsp3) is 0.538. The van der Waals surface area contributed by atoms with Gasteiger partial charge in [-0.3, -0.25) is 4.90 Å². The summed E-state index contributed by atoms with van der Waals surface area (Å²) in [6.07, 6.45) is 2.42. The zero-order valence-corrected chi connectivity index (χ0v) is 8.97. The maximum atomic E-state index is 5.80. The van der Waals surface area contributed by atoms with Gasteiger partial charge < -0.3 is 5.73 Å². The first-order valence-electron chi connectivity index (χ1n) is 5.87. The van der Waals surface area contributed by atoms with Crippen molar-refractivity contribution in [2.45, 2.75) is 30.8 Å². The highest BCUT2D eigenvalue weighted by atomic mass is 15.2. The van der Waals surface area contributed by atoms with Gasteiger partial charge in [-0.15, -0.1) is 0 Å². The molecule has 1 saturated carbocycles. The van der Waals surface area contributed by atoms with Crippen LogP contribution in [0.3, 0.4) is 0 Å². The number of nitrogens with two attached hydrogens (primary N) is 1. The molecular formula is C13H18N2. The number of rotatable bonds is 2. The van der Waals surface area contributed by atoms with Crippen LogP contribution in [0, 0.1) is 0 Å². The molecule has 1 aliphatic heterocycles. The number of benzene rings is 1. The van der Waals surface area contributed by atoms with Gasteiger partial charge in [0.25, 0.3) is 0 Å². The molecule has 0 radical (unpaired) electrons. The molecule has 0 aromatic heterocycles. The van der Waals surface area contributed by atoms with Gasteiger partial charge in [-0.1, -0.05) is 30.3 Å². The Labute approximate surface area is 91.1 Å². The predicted molar refractivity (Wildman–Crippen MR) is 61.8 cm³/mol. The molecule has 2 fully saturated rings. The van der Waals surface area contributed by atoms with Gasteiger partial charge in [-0.05, 0) is 18.4 Å². The lowest BCUT2D eigenvalue weighted by molar-refractivity contribution is 0.0374. The molecule has 2 aliphatic rings. The van der Waals surface area contributed by atoms with Crippen LogP contribution in [0.1, 0.15) is 24.3 Å². The van der Waals surface area contributed by atoms with E-state index in [2.05, 4.69) is 35.2 Å². The van der Waals surface area contributed by atoms with E-state index < -0.39 is 0 Å². The average molecular weight is 202 g/mol. The van der Waals surface area contributed by atoms with Crippen molar-refractivity contribution in [2.24, 2.45) is 5.73 Å². The molecule has 0 spiro atoms. The first kappa shape index (κ1) is 9.37. The minimum atomic E-state index is 0.478. The van der Waals surface area contributed by atoms with Crippen molar-refractivity contribution in [1.82, 2.24) is 4.90 Å². The number of likely N-dealkylation sites (tertiary alicyclic amines) is 1. The maximum Gasteiger partial charge on any atom is 0.0125 e. The number of hydrogen-bond donors (Lipinski definition) is 1. The Balaban J connectivity index is 1.54. The second kappa shape index (κ2) is 3.62. The third-order valence-electron chi connectivity index (χ3n) is 3.85. The summed E-state index contributed by atoms with van der Waals surface area (Å²) in [5.41, 5.74) is 7.30. The molecule has 1 aromatic rings. The molecule has 1 aliphatic carbocycles. The van der Waals surface area contributed by atoms with Crippen LogP contribution < -0.4 is 5.73 Å². The highest BCUT2D eigenvalue weighted by molar-refractivity contribution is 5.23. The first-order valence-corrected chi connectivity index (χ1v) is 5.87. The van der Waals surface area contributed by atoms with Gasteiger partial charge in [0.1, 0.15) is 0 Å². The maximum absolute atomic E-state index is 5.80. The summed E-state index contributed by atoms with van der Waals surface area (Å²) >= 11 is 0. The van der Waals surface area contributed by atoms with Gasteiger partial charge in [0, 0.05) is 31.1 Å².